The van der Waals surface area contributed by atoms with Gasteiger partial charge < -0.3 is 20.2 Å². The molecule has 0 radical (unpaired) electrons. The maximum atomic E-state index is 15.3. The van der Waals surface area contributed by atoms with Crippen molar-refractivity contribution in [1.82, 2.24) is 5.32 Å². The van der Waals surface area contributed by atoms with Crippen LogP contribution in [0.25, 0.3) is 0 Å². The van der Waals surface area contributed by atoms with Crippen molar-refractivity contribution >= 4 is 27.2 Å². The summed E-state index contributed by atoms with van der Waals surface area (Å²) in [7, 11) is -3.53. The van der Waals surface area contributed by atoms with Crippen molar-refractivity contribution in [3.05, 3.63) is 95.3 Å². The van der Waals surface area contributed by atoms with Gasteiger partial charge in [0, 0.05) is 50.1 Å². The topological polar surface area (TPSA) is 90.0 Å². The maximum Gasteiger partial charge on any atom is 0.335 e. The molecule has 3 aromatic rings. The minimum atomic E-state index is -3.53. The fourth-order valence-electron chi connectivity index (χ4n) is 5.46. The second-order valence-corrected chi connectivity index (χ2v) is 12.4. The highest BCUT2D eigenvalue weighted by Crippen LogP contribution is 2.33. The van der Waals surface area contributed by atoms with Gasteiger partial charge in [-0.15, -0.1) is 0 Å². The molecule has 0 amide bonds. The van der Waals surface area contributed by atoms with Crippen LogP contribution < -0.4 is 15.1 Å². The Kier molecular flexibility index (Phi) is 7.40. The lowest BCUT2D eigenvalue weighted by Crippen LogP contribution is -2.53. The summed E-state index contributed by atoms with van der Waals surface area (Å²) in [5.74, 6) is -1.34. The lowest BCUT2D eigenvalue weighted by molar-refractivity contribution is 0.0697. The van der Waals surface area contributed by atoms with Crippen LogP contribution in [-0.4, -0.2) is 63.5 Å². The molecule has 2 N–H and O–H groups in total. The van der Waals surface area contributed by atoms with E-state index in [1.54, 1.807) is 18.2 Å². The molecule has 7 nitrogen and oxygen atoms in total. The zero-order valence-corrected chi connectivity index (χ0v) is 22.1. The Morgan fingerprint density at radius 1 is 0.947 bits per heavy atom. The molecule has 2 aliphatic heterocycles. The van der Waals surface area contributed by atoms with Gasteiger partial charge in [-0.3, -0.25) is 0 Å². The third-order valence-electron chi connectivity index (χ3n) is 7.75. The molecule has 0 spiro atoms. The number of sulfone groups is 1. The third kappa shape index (κ3) is 5.26. The highest BCUT2D eigenvalue weighted by Gasteiger charge is 2.42. The molecule has 0 aliphatic carbocycles. The molecule has 2 heterocycles. The van der Waals surface area contributed by atoms with E-state index in [0.717, 1.165) is 30.0 Å². The summed E-state index contributed by atoms with van der Waals surface area (Å²) in [6.07, 6.45) is 0.117. The number of carboxylic acids is 1. The van der Waals surface area contributed by atoms with Gasteiger partial charge in [-0.1, -0.05) is 36.4 Å². The van der Waals surface area contributed by atoms with Gasteiger partial charge in [0.05, 0.1) is 16.1 Å². The van der Waals surface area contributed by atoms with Gasteiger partial charge in [0.25, 0.3) is 0 Å². The van der Waals surface area contributed by atoms with E-state index >= 15 is 4.39 Å². The predicted octanol–water partition coefficient (Wildman–Crippen LogP) is 3.91. The van der Waals surface area contributed by atoms with E-state index in [4.69, 9.17) is 5.11 Å². The first-order valence-corrected chi connectivity index (χ1v) is 14.5. The number of nitrogens with zero attached hydrogens (tertiary/aromatic N) is 2. The van der Waals surface area contributed by atoms with Gasteiger partial charge in [-0.25, -0.2) is 17.6 Å². The monoisotopic (exact) mass is 537 g/mol. The zero-order valence-electron chi connectivity index (χ0n) is 21.3. The van der Waals surface area contributed by atoms with E-state index in [0.29, 0.717) is 25.2 Å². The van der Waals surface area contributed by atoms with Crippen molar-refractivity contribution in [3.63, 3.8) is 0 Å². The summed E-state index contributed by atoms with van der Waals surface area (Å²) >= 11 is 0. The van der Waals surface area contributed by atoms with Crippen molar-refractivity contribution in [3.8, 4) is 0 Å². The van der Waals surface area contributed by atoms with Crippen LogP contribution >= 0.6 is 0 Å². The molecule has 0 saturated carbocycles. The van der Waals surface area contributed by atoms with Crippen LogP contribution in [0.3, 0.4) is 0 Å². The first-order valence-electron chi connectivity index (χ1n) is 12.9. The summed E-state index contributed by atoms with van der Waals surface area (Å²) in [6.45, 7) is 5.03. The Bertz CT molecular complexity index is 1390. The minimum Gasteiger partial charge on any atom is -0.478 e. The van der Waals surface area contributed by atoms with E-state index < -0.39 is 32.1 Å². The molecule has 1 unspecified atom stereocenters. The Labute approximate surface area is 222 Å². The lowest BCUT2D eigenvalue weighted by Gasteiger charge is -2.37. The summed E-state index contributed by atoms with van der Waals surface area (Å²) in [4.78, 5) is 15.4. The van der Waals surface area contributed by atoms with Gasteiger partial charge in [0.2, 0.25) is 0 Å². The van der Waals surface area contributed by atoms with E-state index in [1.807, 2.05) is 55.5 Å². The largest absolute Gasteiger partial charge is 0.478 e. The van der Waals surface area contributed by atoms with Crippen molar-refractivity contribution in [1.29, 1.82) is 0 Å². The number of hydrogen-bond donors (Lipinski definition) is 2. The molecule has 3 aromatic carbocycles. The SMILES string of the molecule is C[C@@H]1NC[C@@H](c2ccccc2)S(=O)(=O)C1Cc1ccc(N2CCN(c3ccc(C(=O)O)cc3)CC2)cc1F. The maximum absolute atomic E-state index is 15.3. The van der Waals surface area contributed by atoms with Crippen molar-refractivity contribution in [2.45, 2.75) is 29.9 Å². The molecule has 0 bridgehead atoms. The van der Waals surface area contributed by atoms with Gasteiger partial charge in [-0.05, 0) is 60.9 Å². The number of halogens is 1. The van der Waals surface area contributed by atoms with Crippen LogP contribution in [0, 0.1) is 5.82 Å². The van der Waals surface area contributed by atoms with E-state index in [9.17, 15) is 13.2 Å². The standard InChI is InChI=1S/C29H32FN3O4S/c1-20-27(38(36,37)28(19-31-20)21-5-3-2-4-6-21)17-23-9-12-25(18-26(23)30)33-15-13-32(14-16-33)24-10-7-22(8-11-24)29(34)35/h2-12,18,20,27-28,31H,13-17,19H2,1H3,(H,34,35)/t20-,27?,28-/m0/s1. The zero-order chi connectivity index (χ0) is 26.9. The molecule has 9 heteroatoms. The number of rotatable bonds is 6. The van der Waals surface area contributed by atoms with E-state index in [2.05, 4.69) is 15.1 Å². The van der Waals surface area contributed by atoms with Crippen molar-refractivity contribution in [2.24, 2.45) is 0 Å². The van der Waals surface area contributed by atoms with Gasteiger partial charge in [0.15, 0.2) is 9.84 Å². The quantitative estimate of drug-likeness (QED) is 0.493. The van der Waals surface area contributed by atoms with Crippen LogP contribution in [0.1, 0.15) is 33.7 Å². The molecule has 38 heavy (non-hydrogen) atoms. The van der Waals surface area contributed by atoms with Crippen LogP contribution in [0.5, 0.6) is 0 Å². The second kappa shape index (κ2) is 10.7. The molecule has 200 valence electrons. The molecule has 0 aromatic heterocycles. The van der Waals surface area contributed by atoms with E-state index in [1.165, 1.54) is 6.07 Å². The molecular formula is C29H32FN3O4S. The number of carboxylic acid groups (broad SMARTS) is 1. The summed E-state index contributed by atoms with van der Waals surface area (Å²) < 4.78 is 42.4. The smallest absolute Gasteiger partial charge is 0.335 e. The number of benzene rings is 3. The van der Waals surface area contributed by atoms with Crippen LogP contribution in [0.4, 0.5) is 15.8 Å². The highest BCUT2D eigenvalue weighted by atomic mass is 32.2. The molecule has 5 rings (SSSR count). The van der Waals surface area contributed by atoms with Crippen molar-refractivity contribution < 1.29 is 22.7 Å². The number of piperazine rings is 1. The predicted molar refractivity (Wildman–Crippen MR) is 147 cm³/mol. The van der Waals surface area contributed by atoms with Crippen LogP contribution in [-0.2, 0) is 16.3 Å². The third-order valence-corrected chi connectivity index (χ3v) is 10.4. The van der Waals surface area contributed by atoms with Crippen LogP contribution in [0.15, 0.2) is 72.8 Å². The number of hydrogen-bond acceptors (Lipinski definition) is 6. The van der Waals surface area contributed by atoms with Gasteiger partial charge in [0.1, 0.15) is 5.82 Å². The molecule has 2 fully saturated rings. The Morgan fingerprint density at radius 2 is 1.55 bits per heavy atom. The molecule has 2 aliphatic rings. The minimum absolute atomic E-state index is 0.117. The normalized spacial score (nSPS) is 23.3. The average Bonchev–Trinajstić information content (AvgIpc) is 2.92. The van der Waals surface area contributed by atoms with Crippen molar-refractivity contribution in [2.75, 3.05) is 42.5 Å². The highest BCUT2D eigenvalue weighted by molar-refractivity contribution is 7.92. The number of carbonyl (C=O) groups is 1. The van der Waals surface area contributed by atoms with Gasteiger partial charge in [-0.2, -0.15) is 0 Å². The summed E-state index contributed by atoms with van der Waals surface area (Å²) in [6, 6.07) is 20.8. The molecular weight excluding hydrogens is 505 g/mol. The fourth-order valence-corrected chi connectivity index (χ4v) is 7.82. The Morgan fingerprint density at radius 3 is 2.16 bits per heavy atom. The average molecular weight is 538 g/mol. The van der Waals surface area contributed by atoms with E-state index in [-0.39, 0.29) is 18.0 Å². The summed E-state index contributed by atoms with van der Waals surface area (Å²) in [5, 5.41) is 11.0. The Hall–Kier alpha value is -3.43. The van der Waals surface area contributed by atoms with Gasteiger partial charge >= 0.3 is 5.97 Å². The molecule has 3 atom stereocenters. The number of nitrogens with one attached hydrogen (secondary N) is 1. The summed E-state index contributed by atoms with van der Waals surface area (Å²) in [5.41, 5.74) is 3.14. The first kappa shape index (κ1) is 26.2. The fraction of sp³-hybridized carbons (Fsp3) is 0.345. The lowest BCUT2D eigenvalue weighted by atomic mass is 10.0. The molecule has 2 saturated heterocycles. The Balaban J connectivity index is 1.26. The van der Waals surface area contributed by atoms with Crippen LogP contribution in [0.2, 0.25) is 0 Å². The number of aromatic carboxylic acids is 1. The number of anilines is 2. The first-order chi connectivity index (χ1) is 18.2. The second-order valence-electron chi connectivity index (χ2n) is 10.0.